The van der Waals surface area contributed by atoms with Crippen molar-refractivity contribution >= 4 is 7.85 Å². The predicted octanol–water partition coefficient (Wildman–Crippen LogP) is 2.47. The highest BCUT2D eigenvalue weighted by Crippen LogP contribution is 2.44. The Labute approximate surface area is 99.7 Å². The van der Waals surface area contributed by atoms with Gasteiger partial charge in [-0.25, -0.2) is 4.98 Å². The molecular formula is C13H23BN2. The molecule has 2 rings (SSSR count). The fraction of sp³-hybridized carbons (Fsp3) is 0.769. The predicted molar refractivity (Wildman–Crippen MR) is 70.8 cm³/mol. The lowest BCUT2D eigenvalue weighted by Crippen LogP contribution is -2.27. The largest absolute Gasteiger partial charge is 0.345 e. The van der Waals surface area contributed by atoms with Gasteiger partial charge in [0, 0.05) is 11.6 Å². The van der Waals surface area contributed by atoms with Gasteiger partial charge in [-0.15, -0.1) is 0 Å². The van der Waals surface area contributed by atoms with E-state index in [2.05, 4.69) is 40.5 Å². The lowest BCUT2D eigenvalue weighted by Gasteiger charge is -2.36. The zero-order valence-electron chi connectivity index (χ0n) is 11.2. The van der Waals surface area contributed by atoms with Gasteiger partial charge in [0.1, 0.15) is 13.7 Å². The Bertz CT molecular complexity index is 381. The Morgan fingerprint density at radius 1 is 1.31 bits per heavy atom. The van der Waals surface area contributed by atoms with Crippen molar-refractivity contribution in [1.29, 1.82) is 0 Å². The SMILES string of the molecule is BC1(C(C)C)CCc2nc(C(C)C)[nH]c2C1. The Morgan fingerprint density at radius 2 is 2.00 bits per heavy atom. The minimum Gasteiger partial charge on any atom is -0.345 e. The number of nitrogens with one attached hydrogen (secondary N) is 1. The second-order valence-electron chi connectivity index (χ2n) is 6.19. The third kappa shape index (κ3) is 1.92. The first-order chi connectivity index (χ1) is 7.42. The highest BCUT2D eigenvalue weighted by Gasteiger charge is 2.34. The number of hydrogen-bond donors (Lipinski definition) is 1. The summed E-state index contributed by atoms with van der Waals surface area (Å²) in [5.74, 6) is 2.42. The van der Waals surface area contributed by atoms with E-state index in [0.717, 1.165) is 18.2 Å². The van der Waals surface area contributed by atoms with Crippen LogP contribution in [-0.4, -0.2) is 17.8 Å². The first-order valence-corrected chi connectivity index (χ1v) is 6.50. The van der Waals surface area contributed by atoms with E-state index >= 15 is 0 Å². The minimum atomic E-state index is 0.452. The number of imidazole rings is 1. The van der Waals surface area contributed by atoms with Gasteiger partial charge in [-0.2, -0.15) is 0 Å². The second kappa shape index (κ2) is 3.94. The maximum atomic E-state index is 4.72. The molecule has 0 amide bonds. The normalized spacial score (nSPS) is 25.1. The smallest absolute Gasteiger partial charge is 0.110 e. The van der Waals surface area contributed by atoms with Crippen LogP contribution in [0.15, 0.2) is 0 Å². The fourth-order valence-corrected chi connectivity index (χ4v) is 2.48. The maximum absolute atomic E-state index is 4.72. The summed E-state index contributed by atoms with van der Waals surface area (Å²) >= 11 is 0. The number of aryl methyl sites for hydroxylation is 1. The molecule has 1 N–H and O–H groups in total. The number of nitrogens with zero attached hydrogens (tertiary/aromatic N) is 1. The van der Waals surface area contributed by atoms with Crippen molar-refractivity contribution in [1.82, 2.24) is 9.97 Å². The maximum Gasteiger partial charge on any atom is 0.110 e. The molecule has 1 aliphatic rings. The topological polar surface area (TPSA) is 28.7 Å². The highest BCUT2D eigenvalue weighted by molar-refractivity contribution is 6.15. The molecule has 0 saturated carbocycles. The fourth-order valence-electron chi connectivity index (χ4n) is 2.48. The molecule has 0 spiro atoms. The van der Waals surface area contributed by atoms with Gasteiger partial charge in [-0.05, 0) is 25.2 Å². The highest BCUT2D eigenvalue weighted by atomic mass is 14.9. The van der Waals surface area contributed by atoms with Crippen LogP contribution in [-0.2, 0) is 12.8 Å². The van der Waals surface area contributed by atoms with E-state index in [1.54, 1.807) is 0 Å². The quantitative estimate of drug-likeness (QED) is 0.759. The Hall–Kier alpha value is -0.725. The van der Waals surface area contributed by atoms with E-state index in [1.165, 1.54) is 24.2 Å². The summed E-state index contributed by atoms with van der Waals surface area (Å²) in [6.45, 7) is 9.08. The van der Waals surface area contributed by atoms with Crippen LogP contribution in [0.3, 0.4) is 0 Å². The average molecular weight is 218 g/mol. The van der Waals surface area contributed by atoms with Crippen molar-refractivity contribution in [3.05, 3.63) is 17.2 Å². The van der Waals surface area contributed by atoms with Gasteiger partial charge in [0.15, 0.2) is 0 Å². The Morgan fingerprint density at radius 3 is 2.56 bits per heavy atom. The molecule has 1 aromatic rings. The van der Waals surface area contributed by atoms with Gasteiger partial charge >= 0.3 is 0 Å². The van der Waals surface area contributed by atoms with Crippen molar-refractivity contribution in [3.8, 4) is 0 Å². The molecule has 1 unspecified atom stereocenters. The number of rotatable bonds is 2. The zero-order valence-corrected chi connectivity index (χ0v) is 11.2. The van der Waals surface area contributed by atoms with Gasteiger partial charge < -0.3 is 4.98 Å². The van der Waals surface area contributed by atoms with Gasteiger partial charge in [-0.1, -0.05) is 33.0 Å². The summed E-state index contributed by atoms with van der Waals surface area (Å²) < 4.78 is 0. The van der Waals surface area contributed by atoms with Gasteiger partial charge in [-0.3, -0.25) is 0 Å². The first kappa shape index (κ1) is 11.8. The molecule has 1 aliphatic carbocycles. The molecule has 1 heterocycles. The zero-order chi connectivity index (χ0) is 11.9. The summed E-state index contributed by atoms with van der Waals surface area (Å²) in [5.41, 5.74) is 2.72. The monoisotopic (exact) mass is 218 g/mol. The second-order valence-corrected chi connectivity index (χ2v) is 6.19. The lowest BCUT2D eigenvalue weighted by molar-refractivity contribution is 0.362. The molecule has 0 bridgehead atoms. The molecule has 3 heteroatoms. The third-order valence-electron chi connectivity index (χ3n) is 4.34. The lowest BCUT2D eigenvalue weighted by atomic mass is 9.55. The summed E-state index contributed by atoms with van der Waals surface area (Å²) in [6, 6.07) is 0. The molecule has 1 aromatic heterocycles. The summed E-state index contributed by atoms with van der Waals surface area (Å²) in [5, 5.41) is 0.452. The van der Waals surface area contributed by atoms with Crippen molar-refractivity contribution in [2.75, 3.05) is 0 Å². The van der Waals surface area contributed by atoms with E-state index in [4.69, 9.17) is 4.98 Å². The number of fused-ring (bicyclic) bond motifs is 1. The van der Waals surface area contributed by atoms with E-state index in [1.807, 2.05) is 0 Å². The van der Waals surface area contributed by atoms with Crippen LogP contribution in [0.5, 0.6) is 0 Å². The molecule has 88 valence electrons. The van der Waals surface area contributed by atoms with Crippen molar-refractivity contribution < 1.29 is 0 Å². The van der Waals surface area contributed by atoms with Gasteiger partial charge in [0.25, 0.3) is 0 Å². The molecule has 0 saturated heterocycles. The van der Waals surface area contributed by atoms with Crippen LogP contribution in [0.25, 0.3) is 0 Å². The van der Waals surface area contributed by atoms with Crippen LogP contribution in [0.2, 0.25) is 5.31 Å². The van der Waals surface area contributed by atoms with Crippen LogP contribution in [0.1, 0.15) is 57.2 Å². The molecular weight excluding hydrogens is 195 g/mol. The molecule has 2 nitrogen and oxygen atoms in total. The summed E-state index contributed by atoms with van der Waals surface area (Å²) in [6.07, 6.45) is 3.59. The van der Waals surface area contributed by atoms with Crippen LogP contribution in [0, 0.1) is 5.92 Å². The van der Waals surface area contributed by atoms with E-state index < -0.39 is 0 Å². The van der Waals surface area contributed by atoms with Crippen molar-refractivity contribution in [2.24, 2.45) is 5.92 Å². The average Bonchev–Trinajstić information content (AvgIpc) is 2.60. The Balaban J connectivity index is 2.27. The standard InChI is InChI=1S/C13H23BN2/c1-8(2)12-15-10-5-6-13(14,9(3)4)7-11(10)16-12/h8-9H,5-7,14H2,1-4H3,(H,15,16). The third-order valence-corrected chi connectivity index (χ3v) is 4.34. The molecule has 0 aromatic carbocycles. The Kier molecular flexibility index (Phi) is 2.89. The minimum absolute atomic E-state index is 0.452. The number of H-pyrrole nitrogens is 1. The molecule has 0 aliphatic heterocycles. The number of hydrogen-bond acceptors (Lipinski definition) is 1. The van der Waals surface area contributed by atoms with E-state index in [0.29, 0.717) is 11.2 Å². The number of aromatic nitrogens is 2. The van der Waals surface area contributed by atoms with Crippen LogP contribution >= 0.6 is 0 Å². The first-order valence-electron chi connectivity index (χ1n) is 6.50. The van der Waals surface area contributed by atoms with Crippen molar-refractivity contribution in [2.45, 2.75) is 58.2 Å². The van der Waals surface area contributed by atoms with Gasteiger partial charge in [0.2, 0.25) is 0 Å². The molecule has 0 fully saturated rings. The van der Waals surface area contributed by atoms with Gasteiger partial charge in [0.05, 0.1) is 5.69 Å². The summed E-state index contributed by atoms with van der Waals surface area (Å²) in [7, 11) is 2.41. The van der Waals surface area contributed by atoms with E-state index in [-0.39, 0.29) is 0 Å². The van der Waals surface area contributed by atoms with Crippen molar-refractivity contribution in [3.63, 3.8) is 0 Å². The van der Waals surface area contributed by atoms with Crippen LogP contribution in [0.4, 0.5) is 0 Å². The van der Waals surface area contributed by atoms with Crippen LogP contribution < -0.4 is 0 Å². The molecule has 1 atom stereocenters. The van der Waals surface area contributed by atoms with E-state index in [9.17, 15) is 0 Å². The molecule has 16 heavy (non-hydrogen) atoms. The molecule has 0 radical (unpaired) electrons. The number of aromatic amines is 1. The summed E-state index contributed by atoms with van der Waals surface area (Å²) in [4.78, 5) is 8.25.